The molecule has 0 saturated heterocycles. The SMILES string of the molecule is C#CC1CCC(CCc2cc(F)c(C#Cc3ccc4cc(F)c(F)cc4c3)c(F)c2)CC1. The van der Waals surface area contributed by atoms with Gasteiger partial charge in [-0.1, -0.05) is 17.9 Å². The molecule has 0 nitrogen and oxygen atoms in total. The first-order valence-corrected chi connectivity index (χ1v) is 10.8. The van der Waals surface area contributed by atoms with Crippen molar-refractivity contribution in [3.8, 4) is 24.2 Å². The lowest BCUT2D eigenvalue weighted by molar-refractivity contribution is 0.301. The molecule has 1 aliphatic carbocycles. The van der Waals surface area contributed by atoms with Gasteiger partial charge in [0.1, 0.15) is 11.6 Å². The van der Waals surface area contributed by atoms with E-state index < -0.39 is 23.3 Å². The Kier molecular flexibility index (Phi) is 6.52. The smallest absolute Gasteiger partial charge is 0.159 e. The molecule has 1 saturated carbocycles. The molecule has 3 aromatic carbocycles. The standard InChI is InChI=1S/C28H22F4/c1-2-18-3-5-19(6-4-18)7-8-21-14-25(29)24(26(30)15-21)12-10-20-9-11-22-16-27(31)28(32)17-23(22)13-20/h1,9,11,13-19H,3-8H2. The van der Waals surface area contributed by atoms with Gasteiger partial charge in [0.05, 0.1) is 5.56 Å². The summed E-state index contributed by atoms with van der Waals surface area (Å²) < 4.78 is 56.0. The second-order valence-electron chi connectivity index (χ2n) is 8.44. The Hall–Kier alpha value is -3.24. The topological polar surface area (TPSA) is 0 Å². The number of halogens is 4. The lowest BCUT2D eigenvalue weighted by Crippen LogP contribution is -2.14. The zero-order chi connectivity index (χ0) is 22.7. The molecule has 3 aromatic rings. The van der Waals surface area contributed by atoms with E-state index in [1.54, 1.807) is 18.2 Å². The van der Waals surface area contributed by atoms with Crippen molar-refractivity contribution in [3.05, 3.63) is 82.4 Å². The molecule has 1 fully saturated rings. The highest BCUT2D eigenvalue weighted by Gasteiger charge is 2.20. The first-order valence-electron chi connectivity index (χ1n) is 10.8. The zero-order valence-corrected chi connectivity index (χ0v) is 17.5. The van der Waals surface area contributed by atoms with Crippen LogP contribution in [-0.4, -0.2) is 0 Å². The maximum Gasteiger partial charge on any atom is 0.159 e. The number of rotatable bonds is 3. The van der Waals surface area contributed by atoms with Crippen LogP contribution in [0.2, 0.25) is 0 Å². The summed E-state index contributed by atoms with van der Waals surface area (Å²) in [5.41, 5.74) is 0.774. The first-order chi connectivity index (χ1) is 15.4. The molecule has 0 amide bonds. The van der Waals surface area contributed by atoms with E-state index in [0.717, 1.165) is 44.2 Å². The van der Waals surface area contributed by atoms with Crippen LogP contribution in [0, 0.1) is 59.3 Å². The number of hydrogen-bond donors (Lipinski definition) is 0. The first kappa shape index (κ1) is 22.0. The van der Waals surface area contributed by atoms with Crippen molar-refractivity contribution in [1.82, 2.24) is 0 Å². The number of hydrogen-bond acceptors (Lipinski definition) is 0. The fourth-order valence-electron chi connectivity index (χ4n) is 4.33. The molecule has 0 aromatic heterocycles. The van der Waals surface area contributed by atoms with Crippen molar-refractivity contribution in [2.24, 2.45) is 11.8 Å². The van der Waals surface area contributed by atoms with Gasteiger partial charge in [0.15, 0.2) is 11.6 Å². The molecule has 0 unspecified atom stereocenters. The van der Waals surface area contributed by atoms with Crippen molar-refractivity contribution in [1.29, 1.82) is 0 Å². The Balaban J connectivity index is 1.47. The van der Waals surface area contributed by atoms with Gasteiger partial charge in [-0.15, -0.1) is 12.3 Å². The highest BCUT2D eigenvalue weighted by atomic mass is 19.2. The van der Waals surface area contributed by atoms with Crippen molar-refractivity contribution >= 4 is 10.8 Å². The average molecular weight is 434 g/mol. The molecule has 0 bridgehead atoms. The van der Waals surface area contributed by atoms with E-state index in [4.69, 9.17) is 6.42 Å². The van der Waals surface area contributed by atoms with E-state index in [1.165, 1.54) is 12.1 Å². The van der Waals surface area contributed by atoms with Gasteiger partial charge < -0.3 is 0 Å². The van der Waals surface area contributed by atoms with Crippen LogP contribution >= 0.6 is 0 Å². The molecular weight excluding hydrogens is 412 g/mol. The van der Waals surface area contributed by atoms with Crippen molar-refractivity contribution in [2.75, 3.05) is 0 Å². The molecule has 4 rings (SSSR count). The fraction of sp³-hybridized carbons (Fsp3) is 0.286. The minimum absolute atomic E-state index is 0.298. The number of benzene rings is 3. The fourth-order valence-corrected chi connectivity index (χ4v) is 4.33. The van der Waals surface area contributed by atoms with Crippen LogP contribution in [-0.2, 0) is 6.42 Å². The van der Waals surface area contributed by atoms with E-state index in [-0.39, 0.29) is 5.56 Å². The third-order valence-corrected chi connectivity index (χ3v) is 6.24. The number of fused-ring (bicyclic) bond motifs is 1. The maximum absolute atomic E-state index is 14.6. The van der Waals surface area contributed by atoms with E-state index in [0.29, 0.717) is 40.2 Å². The van der Waals surface area contributed by atoms with Gasteiger partial charge >= 0.3 is 0 Å². The Morgan fingerprint density at radius 1 is 0.750 bits per heavy atom. The molecule has 0 spiro atoms. The van der Waals surface area contributed by atoms with Gasteiger partial charge in [-0.05, 0) is 97.2 Å². The highest BCUT2D eigenvalue weighted by Crippen LogP contribution is 2.31. The Morgan fingerprint density at radius 3 is 2.06 bits per heavy atom. The normalized spacial score (nSPS) is 18.1. The maximum atomic E-state index is 14.6. The molecule has 32 heavy (non-hydrogen) atoms. The van der Waals surface area contributed by atoms with E-state index >= 15 is 0 Å². The summed E-state index contributed by atoms with van der Waals surface area (Å²) in [6, 6.07) is 9.62. The zero-order valence-electron chi connectivity index (χ0n) is 17.5. The lowest BCUT2D eigenvalue weighted by Gasteiger charge is -2.25. The molecule has 0 N–H and O–H groups in total. The molecule has 0 atom stereocenters. The second kappa shape index (κ2) is 9.49. The molecule has 0 radical (unpaired) electrons. The van der Waals surface area contributed by atoms with E-state index in [2.05, 4.69) is 17.8 Å². The largest absolute Gasteiger partial charge is 0.206 e. The van der Waals surface area contributed by atoms with Gasteiger partial charge in [0, 0.05) is 11.5 Å². The minimum atomic E-state index is -0.959. The third-order valence-electron chi connectivity index (χ3n) is 6.24. The van der Waals surface area contributed by atoms with Crippen molar-refractivity contribution in [2.45, 2.75) is 38.5 Å². The van der Waals surface area contributed by atoms with Crippen LogP contribution in [0.15, 0.2) is 42.5 Å². The lowest BCUT2D eigenvalue weighted by atomic mass is 9.80. The van der Waals surface area contributed by atoms with E-state index in [1.807, 2.05) is 0 Å². The van der Waals surface area contributed by atoms with Gasteiger partial charge in [-0.3, -0.25) is 0 Å². The molecule has 0 heterocycles. The van der Waals surface area contributed by atoms with Crippen molar-refractivity contribution < 1.29 is 17.6 Å². The summed E-state index contributed by atoms with van der Waals surface area (Å²) in [6.07, 6.45) is 11.1. The van der Waals surface area contributed by atoms with Gasteiger partial charge in [-0.2, -0.15) is 0 Å². The Bertz CT molecular complexity index is 1230. The molecule has 162 valence electrons. The van der Waals surface area contributed by atoms with Gasteiger partial charge in [-0.25, -0.2) is 17.6 Å². The van der Waals surface area contributed by atoms with Gasteiger partial charge in [0.25, 0.3) is 0 Å². The Morgan fingerprint density at radius 2 is 1.41 bits per heavy atom. The van der Waals surface area contributed by atoms with Gasteiger partial charge in [0.2, 0.25) is 0 Å². The number of aryl methyl sites for hydroxylation is 1. The average Bonchev–Trinajstić information content (AvgIpc) is 2.78. The summed E-state index contributed by atoms with van der Waals surface area (Å²) >= 11 is 0. The van der Waals surface area contributed by atoms with Crippen LogP contribution in [0.3, 0.4) is 0 Å². The van der Waals surface area contributed by atoms with Crippen LogP contribution in [0.5, 0.6) is 0 Å². The van der Waals surface area contributed by atoms with Crippen LogP contribution in [0.1, 0.15) is 48.8 Å². The minimum Gasteiger partial charge on any atom is -0.206 e. The predicted molar refractivity (Wildman–Crippen MR) is 119 cm³/mol. The van der Waals surface area contributed by atoms with Crippen molar-refractivity contribution in [3.63, 3.8) is 0 Å². The molecule has 4 heteroatoms. The third kappa shape index (κ3) is 4.97. The molecular formula is C28H22F4. The van der Waals surface area contributed by atoms with Crippen LogP contribution < -0.4 is 0 Å². The highest BCUT2D eigenvalue weighted by molar-refractivity contribution is 5.84. The molecule has 0 aliphatic heterocycles. The second-order valence-corrected chi connectivity index (χ2v) is 8.44. The monoisotopic (exact) mass is 434 g/mol. The Labute approximate surface area is 185 Å². The summed E-state index contributed by atoms with van der Waals surface area (Å²) in [4.78, 5) is 0. The number of terminal acetylenes is 1. The summed E-state index contributed by atoms with van der Waals surface area (Å²) in [5.74, 6) is 5.70. The van der Waals surface area contributed by atoms with E-state index in [9.17, 15) is 17.6 Å². The summed E-state index contributed by atoms with van der Waals surface area (Å²) in [6.45, 7) is 0. The van der Waals surface area contributed by atoms with Crippen LogP contribution in [0.4, 0.5) is 17.6 Å². The van der Waals surface area contributed by atoms with Crippen LogP contribution in [0.25, 0.3) is 10.8 Å². The summed E-state index contributed by atoms with van der Waals surface area (Å²) in [7, 11) is 0. The quantitative estimate of drug-likeness (QED) is 0.303. The molecule has 1 aliphatic rings. The predicted octanol–water partition coefficient (Wildman–Crippen LogP) is 7.17. The summed E-state index contributed by atoms with van der Waals surface area (Å²) in [5, 5.41) is 0.979.